The van der Waals surface area contributed by atoms with Gasteiger partial charge in [0.25, 0.3) is 0 Å². The predicted octanol–water partition coefficient (Wildman–Crippen LogP) is 0.689. The highest BCUT2D eigenvalue weighted by Gasteiger charge is 2.43. The van der Waals surface area contributed by atoms with Crippen molar-refractivity contribution < 1.29 is 29.2 Å². The molecule has 4 N–H and O–H groups in total. The van der Waals surface area contributed by atoms with E-state index in [1.165, 1.54) is 12.2 Å². The molecule has 2 rings (SSSR count). The fourth-order valence-corrected chi connectivity index (χ4v) is 3.61. The van der Waals surface area contributed by atoms with Crippen LogP contribution in [0.4, 0.5) is 4.39 Å². The molecule has 1 aliphatic heterocycles. The van der Waals surface area contributed by atoms with Gasteiger partial charge in [0.2, 0.25) is 18.2 Å². The number of hydrogen-bond donors (Lipinski definition) is 4. The Kier molecular flexibility index (Phi) is 8.25. The zero-order valence-corrected chi connectivity index (χ0v) is 15.9. The number of carbonyl (C=O) groups is 3. The van der Waals surface area contributed by atoms with Gasteiger partial charge in [0.05, 0.1) is 19.0 Å². The topological polar surface area (TPSA) is 146 Å². The van der Waals surface area contributed by atoms with E-state index < -0.39 is 29.9 Å². The van der Waals surface area contributed by atoms with Crippen molar-refractivity contribution in [3.05, 3.63) is 12.2 Å². The van der Waals surface area contributed by atoms with E-state index in [4.69, 9.17) is 10.6 Å². The zero-order valence-electron chi connectivity index (χ0n) is 15.9. The van der Waals surface area contributed by atoms with Crippen LogP contribution in [-0.2, 0) is 14.4 Å². The Hall–Kier alpha value is -2.82. The largest absolute Gasteiger partial charge is 0.409 e. The lowest BCUT2D eigenvalue weighted by atomic mass is 9.78. The van der Waals surface area contributed by atoms with Crippen molar-refractivity contribution in [2.24, 2.45) is 17.0 Å². The molecule has 3 atom stereocenters. The molecule has 160 valence electrons. The molecule has 10 nitrogen and oxygen atoms in total. The van der Waals surface area contributed by atoms with Crippen molar-refractivity contribution in [3.63, 3.8) is 0 Å². The fraction of sp³-hybridized carbons (Fsp3) is 0.611. The van der Waals surface area contributed by atoms with Gasteiger partial charge in [-0.1, -0.05) is 24.4 Å². The van der Waals surface area contributed by atoms with Crippen LogP contribution in [0.3, 0.4) is 0 Å². The summed E-state index contributed by atoms with van der Waals surface area (Å²) >= 11 is 0. The van der Waals surface area contributed by atoms with Gasteiger partial charge < -0.3 is 20.8 Å². The first kappa shape index (κ1) is 22.5. The van der Waals surface area contributed by atoms with Crippen molar-refractivity contribution in [2.75, 3.05) is 13.1 Å². The van der Waals surface area contributed by atoms with Crippen LogP contribution >= 0.6 is 0 Å². The number of allylic oxidation sites excluding steroid dienone is 1. The van der Waals surface area contributed by atoms with Gasteiger partial charge in [-0.2, -0.15) is 0 Å². The minimum atomic E-state index is -1.40. The number of amides is 3. The highest BCUT2D eigenvalue weighted by atomic mass is 19.1. The molecular weight excluding hydrogens is 385 g/mol. The number of nitrogens with zero attached hydrogens (tertiary/aromatic N) is 3. The average molecular weight is 411 g/mol. The SMILES string of the molecule is N=C/C=C\C(=N\O)NC(=O)[C@@H]1C[C@@H](F)CN1C(=O)C(CC1CCC1)CN(O)C=O. The lowest BCUT2D eigenvalue weighted by Gasteiger charge is -2.33. The van der Waals surface area contributed by atoms with Crippen LogP contribution in [0.5, 0.6) is 0 Å². The third-order valence-corrected chi connectivity index (χ3v) is 5.27. The van der Waals surface area contributed by atoms with Crippen molar-refractivity contribution in [2.45, 2.75) is 44.3 Å². The van der Waals surface area contributed by atoms with Gasteiger partial charge in [0.15, 0.2) is 5.84 Å². The summed E-state index contributed by atoms with van der Waals surface area (Å²) in [5.41, 5.74) is 0. The van der Waals surface area contributed by atoms with Gasteiger partial charge in [0.1, 0.15) is 12.2 Å². The number of oxime groups is 1. The lowest BCUT2D eigenvalue weighted by Crippen LogP contribution is -2.50. The van der Waals surface area contributed by atoms with Crippen LogP contribution in [0.2, 0.25) is 0 Å². The van der Waals surface area contributed by atoms with Crippen molar-refractivity contribution >= 4 is 30.3 Å². The first-order valence-electron chi connectivity index (χ1n) is 9.45. The first-order valence-corrected chi connectivity index (χ1v) is 9.45. The Labute approximate surface area is 167 Å². The van der Waals surface area contributed by atoms with Crippen molar-refractivity contribution in [1.29, 1.82) is 5.41 Å². The summed E-state index contributed by atoms with van der Waals surface area (Å²) in [6.45, 7) is -0.501. The third-order valence-electron chi connectivity index (χ3n) is 5.27. The second kappa shape index (κ2) is 10.6. The molecule has 0 aromatic heterocycles. The Bertz CT molecular complexity index is 682. The molecule has 2 aliphatic rings. The smallest absolute Gasteiger partial charge is 0.248 e. The Morgan fingerprint density at radius 2 is 2.14 bits per heavy atom. The van der Waals surface area contributed by atoms with Gasteiger partial charge in [-0.25, -0.2) is 9.45 Å². The molecule has 3 amide bonds. The number of halogens is 1. The predicted molar refractivity (Wildman–Crippen MR) is 100 cm³/mol. The van der Waals surface area contributed by atoms with Crippen molar-refractivity contribution in [3.8, 4) is 0 Å². The summed E-state index contributed by atoms with van der Waals surface area (Å²) in [5.74, 6) is -1.93. The molecule has 1 unspecified atom stereocenters. The van der Waals surface area contributed by atoms with E-state index in [9.17, 15) is 24.0 Å². The number of hydrogen-bond acceptors (Lipinski definition) is 7. The van der Waals surface area contributed by atoms with Crippen LogP contribution in [0, 0.1) is 17.2 Å². The third kappa shape index (κ3) is 6.08. The molecule has 0 spiro atoms. The van der Waals surface area contributed by atoms with Crippen LogP contribution in [-0.4, -0.2) is 76.0 Å². The molecule has 29 heavy (non-hydrogen) atoms. The molecular formula is C18H26FN5O5. The maximum absolute atomic E-state index is 14.1. The van der Waals surface area contributed by atoms with Crippen LogP contribution < -0.4 is 5.32 Å². The quantitative estimate of drug-likeness (QED) is 0.110. The maximum atomic E-state index is 14.1. The minimum absolute atomic E-state index is 0.201. The Balaban J connectivity index is 2.13. The molecule has 1 saturated heterocycles. The summed E-state index contributed by atoms with van der Waals surface area (Å²) in [7, 11) is 0. The van der Waals surface area contributed by atoms with E-state index in [1.807, 2.05) is 0 Å². The standard InChI is InChI=1S/C18H26FN5O5/c19-14-8-15(17(26)21-16(22-28)5-2-6-20)24(10-14)18(27)13(9-23(29)11-25)7-12-3-1-4-12/h2,5-6,11-15,20,28-29H,1,3-4,7-10H2,(H,21,22,26)/b5-2-,20-6?/t13?,14-,15+/m1/s1. The lowest BCUT2D eigenvalue weighted by molar-refractivity contribution is -0.158. The summed E-state index contributed by atoms with van der Waals surface area (Å²) < 4.78 is 14.1. The molecule has 1 heterocycles. The number of likely N-dealkylation sites (tertiary alicyclic amines) is 1. The van der Waals surface area contributed by atoms with Gasteiger partial charge in [-0.05, 0) is 24.5 Å². The number of hydroxylamine groups is 2. The molecule has 1 aliphatic carbocycles. The van der Waals surface area contributed by atoms with Gasteiger partial charge in [-0.15, -0.1) is 0 Å². The molecule has 2 fully saturated rings. The Morgan fingerprint density at radius 1 is 1.41 bits per heavy atom. The summed E-state index contributed by atoms with van der Waals surface area (Å²) in [6, 6.07) is -1.12. The number of amidine groups is 1. The van der Waals surface area contributed by atoms with Crippen molar-refractivity contribution in [1.82, 2.24) is 15.3 Å². The van der Waals surface area contributed by atoms with Gasteiger partial charge in [0, 0.05) is 12.6 Å². The van der Waals surface area contributed by atoms with E-state index >= 15 is 0 Å². The molecule has 0 aromatic carbocycles. The molecule has 1 saturated carbocycles. The van der Waals surface area contributed by atoms with Gasteiger partial charge in [-0.3, -0.25) is 19.6 Å². The van der Waals surface area contributed by atoms with Crippen LogP contribution in [0.15, 0.2) is 17.3 Å². The van der Waals surface area contributed by atoms with E-state index in [2.05, 4.69) is 10.5 Å². The number of alkyl halides is 1. The highest BCUT2D eigenvalue weighted by Crippen LogP contribution is 2.34. The zero-order chi connectivity index (χ0) is 21.4. The van der Waals surface area contributed by atoms with E-state index in [0.29, 0.717) is 17.4 Å². The molecule has 0 bridgehead atoms. The summed E-state index contributed by atoms with van der Waals surface area (Å²) in [4.78, 5) is 37.5. The highest BCUT2D eigenvalue weighted by molar-refractivity contribution is 6.07. The minimum Gasteiger partial charge on any atom is -0.409 e. The van der Waals surface area contributed by atoms with Crippen LogP contribution in [0.25, 0.3) is 0 Å². The average Bonchev–Trinajstić information content (AvgIpc) is 3.07. The van der Waals surface area contributed by atoms with E-state index in [-0.39, 0.29) is 31.8 Å². The molecule has 11 heteroatoms. The van der Waals surface area contributed by atoms with Gasteiger partial charge >= 0.3 is 0 Å². The number of nitrogens with one attached hydrogen (secondary N) is 2. The van der Waals surface area contributed by atoms with E-state index in [1.54, 1.807) is 0 Å². The molecule has 0 radical (unpaired) electrons. The fourth-order valence-electron chi connectivity index (χ4n) is 3.61. The molecule has 0 aromatic rings. The second-order valence-electron chi connectivity index (χ2n) is 7.30. The monoisotopic (exact) mass is 411 g/mol. The summed E-state index contributed by atoms with van der Waals surface area (Å²) in [6.07, 6.45) is 5.28. The Morgan fingerprint density at radius 3 is 2.69 bits per heavy atom. The van der Waals surface area contributed by atoms with Crippen LogP contribution in [0.1, 0.15) is 32.1 Å². The first-order chi connectivity index (χ1) is 13.9. The van der Waals surface area contributed by atoms with E-state index in [0.717, 1.165) is 30.4 Å². The summed E-state index contributed by atoms with van der Waals surface area (Å²) in [5, 5.41) is 31.0. The number of carbonyl (C=O) groups excluding carboxylic acids is 3. The number of rotatable bonds is 9. The second-order valence-corrected chi connectivity index (χ2v) is 7.30. The maximum Gasteiger partial charge on any atom is 0.248 e. The normalized spacial score (nSPS) is 23.5.